The Labute approximate surface area is 209 Å². The molecule has 8 nitrogen and oxygen atoms in total. The molecule has 0 saturated carbocycles. The van der Waals surface area contributed by atoms with Crippen molar-refractivity contribution in [1.29, 1.82) is 0 Å². The fourth-order valence-electron chi connectivity index (χ4n) is 3.80. The molecule has 2 aliphatic rings. The average molecular weight is 534 g/mol. The van der Waals surface area contributed by atoms with E-state index in [-0.39, 0.29) is 32.2 Å². The zero-order valence-corrected chi connectivity index (χ0v) is 20.6. The summed E-state index contributed by atoms with van der Waals surface area (Å²) in [4.78, 5) is 32.5. The maximum absolute atomic E-state index is 13.3. The van der Waals surface area contributed by atoms with Crippen molar-refractivity contribution < 1.29 is 17.9 Å². The van der Waals surface area contributed by atoms with Crippen molar-refractivity contribution in [3.8, 4) is 11.6 Å². The summed E-state index contributed by atoms with van der Waals surface area (Å²) in [6.07, 6.45) is 3.30. The van der Waals surface area contributed by atoms with Gasteiger partial charge in [0.2, 0.25) is 5.88 Å². The third-order valence-electron chi connectivity index (χ3n) is 5.43. The van der Waals surface area contributed by atoms with Gasteiger partial charge < -0.3 is 4.74 Å². The molecule has 5 rings (SSSR count). The summed E-state index contributed by atoms with van der Waals surface area (Å²) in [7, 11) is -3.21. The minimum absolute atomic E-state index is 0.0167. The summed E-state index contributed by atoms with van der Waals surface area (Å²) in [5.41, 5.74) is 0.0128. The van der Waals surface area contributed by atoms with Crippen LogP contribution in [0.2, 0.25) is 5.02 Å². The summed E-state index contributed by atoms with van der Waals surface area (Å²) >= 11 is 12.3. The molecule has 2 fully saturated rings. The molecule has 1 unspecified atom stereocenters. The van der Waals surface area contributed by atoms with Crippen molar-refractivity contribution in [2.24, 2.45) is 0 Å². The lowest BCUT2D eigenvalue weighted by Gasteiger charge is -2.20. The maximum atomic E-state index is 13.3. The lowest BCUT2D eigenvalue weighted by atomic mass is 10.2. The van der Waals surface area contributed by atoms with Crippen molar-refractivity contribution in [2.75, 3.05) is 11.5 Å². The number of sulfone groups is 1. The highest BCUT2D eigenvalue weighted by atomic mass is 35.5. The van der Waals surface area contributed by atoms with Crippen molar-refractivity contribution in [1.82, 2.24) is 14.3 Å². The van der Waals surface area contributed by atoms with E-state index in [2.05, 4.69) is 4.98 Å². The Morgan fingerprint density at radius 3 is 2.65 bits per heavy atom. The van der Waals surface area contributed by atoms with Crippen LogP contribution in [0.15, 0.2) is 58.4 Å². The minimum atomic E-state index is -3.21. The van der Waals surface area contributed by atoms with Gasteiger partial charge in [-0.1, -0.05) is 41.6 Å². The number of hydrogen-bond donors (Lipinski definition) is 0. The van der Waals surface area contributed by atoms with Gasteiger partial charge in [0.05, 0.1) is 22.5 Å². The molecule has 1 atom stereocenters. The van der Waals surface area contributed by atoms with Crippen LogP contribution in [0.3, 0.4) is 0 Å². The molecule has 0 N–H and O–H groups in total. The van der Waals surface area contributed by atoms with Crippen LogP contribution in [0.5, 0.6) is 11.6 Å². The van der Waals surface area contributed by atoms with Crippen molar-refractivity contribution >= 4 is 67.4 Å². The molecule has 12 heteroatoms. The summed E-state index contributed by atoms with van der Waals surface area (Å²) in [6, 6.07) is 11.2. The van der Waals surface area contributed by atoms with Gasteiger partial charge in [0.15, 0.2) is 9.84 Å². The molecule has 0 spiro atoms. The van der Waals surface area contributed by atoms with E-state index < -0.39 is 27.3 Å². The van der Waals surface area contributed by atoms with Gasteiger partial charge in [0.1, 0.15) is 21.3 Å². The summed E-state index contributed by atoms with van der Waals surface area (Å²) in [6.45, 7) is 0. The lowest BCUT2D eigenvalue weighted by Crippen LogP contribution is -2.39. The van der Waals surface area contributed by atoms with Crippen LogP contribution in [0.1, 0.15) is 12.0 Å². The van der Waals surface area contributed by atoms with Crippen LogP contribution in [0.4, 0.5) is 0 Å². The van der Waals surface area contributed by atoms with E-state index in [0.717, 1.165) is 11.8 Å². The normalized spacial score (nSPS) is 21.0. The molecule has 0 radical (unpaired) electrons. The number of aromatic nitrogens is 2. The molecule has 1 aromatic carbocycles. The number of carbonyl (C=O) groups is 1. The molecule has 2 saturated heterocycles. The summed E-state index contributed by atoms with van der Waals surface area (Å²) in [5, 5.41) is 0.525. The van der Waals surface area contributed by atoms with Crippen LogP contribution in [0, 0.1) is 0 Å². The quantitative estimate of drug-likeness (QED) is 0.371. The number of benzene rings is 1. The zero-order chi connectivity index (χ0) is 24.0. The highest BCUT2D eigenvalue weighted by Crippen LogP contribution is 2.37. The van der Waals surface area contributed by atoms with Gasteiger partial charge in [-0.3, -0.25) is 18.9 Å². The molecule has 3 aromatic rings. The molecule has 0 aliphatic carbocycles. The number of hydrogen-bond acceptors (Lipinski definition) is 8. The van der Waals surface area contributed by atoms with E-state index in [4.69, 9.17) is 28.6 Å². The number of ether oxygens (including phenoxy) is 1. The SMILES string of the molecule is O=C1/C(=C\c2c(Oc3ccc(Cl)cc3)nc3ccccn3c2=O)SC(=S)N1C1CCS(=O)(=O)C1. The first-order chi connectivity index (χ1) is 16.2. The molecule has 2 aliphatic heterocycles. The first-order valence-electron chi connectivity index (χ1n) is 10.1. The number of halogens is 1. The van der Waals surface area contributed by atoms with Crippen LogP contribution in [-0.2, 0) is 14.6 Å². The number of pyridine rings is 1. The molecule has 4 heterocycles. The minimum Gasteiger partial charge on any atom is -0.438 e. The summed E-state index contributed by atoms with van der Waals surface area (Å²) < 4.78 is 31.3. The topological polar surface area (TPSA) is 98.0 Å². The Kier molecular flexibility index (Phi) is 5.96. The third-order valence-corrected chi connectivity index (χ3v) is 8.77. The van der Waals surface area contributed by atoms with E-state index in [1.807, 2.05) is 0 Å². The van der Waals surface area contributed by atoms with E-state index >= 15 is 0 Å². The van der Waals surface area contributed by atoms with Gasteiger partial charge in [-0.25, -0.2) is 8.42 Å². The Balaban J connectivity index is 1.58. The van der Waals surface area contributed by atoms with Crippen LogP contribution in [-0.4, -0.2) is 50.5 Å². The fourth-order valence-corrected chi connectivity index (χ4v) is 7.01. The Hall–Kier alpha value is -2.73. The number of amides is 1. The van der Waals surface area contributed by atoms with E-state index in [9.17, 15) is 18.0 Å². The maximum Gasteiger partial charge on any atom is 0.269 e. The van der Waals surface area contributed by atoms with E-state index in [1.54, 1.807) is 48.7 Å². The first kappa shape index (κ1) is 23.0. The molecule has 34 heavy (non-hydrogen) atoms. The first-order valence-corrected chi connectivity index (χ1v) is 13.6. The molecule has 174 valence electrons. The van der Waals surface area contributed by atoms with Crippen LogP contribution < -0.4 is 10.3 Å². The summed E-state index contributed by atoms with van der Waals surface area (Å²) in [5.74, 6) is -0.116. The predicted octanol–water partition coefficient (Wildman–Crippen LogP) is 3.53. The number of carbonyl (C=O) groups excluding carboxylic acids is 1. The second kappa shape index (κ2) is 8.81. The smallest absolute Gasteiger partial charge is 0.269 e. The van der Waals surface area contributed by atoms with Gasteiger partial charge in [-0.15, -0.1) is 0 Å². The molecule has 1 amide bonds. The molecule has 0 bridgehead atoms. The fraction of sp³-hybridized carbons (Fsp3) is 0.182. The zero-order valence-electron chi connectivity index (χ0n) is 17.4. The molecular formula is C22H16ClN3O5S3. The van der Waals surface area contributed by atoms with Gasteiger partial charge in [0.25, 0.3) is 11.5 Å². The Bertz CT molecular complexity index is 1530. The molecule has 2 aromatic heterocycles. The Morgan fingerprint density at radius 1 is 1.18 bits per heavy atom. The lowest BCUT2D eigenvalue weighted by molar-refractivity contribution is -0.123. The standard InChI is InChI=1S/C22H16ClN3O5S3/c23-13-4-6-15(7-5-13)31-19-16(20(27)25-9-2-1-3-18(25)24-19)11-17-21(28)26(22(32)33-17)14-8-10-34(29,30)12-14/h1-7,9,11,14H,8,10,12H2/b17-11+. The van der Waals surface area contributed by atoms with Gasteiger partial charge in [-0.2, -0.15) is 4.98 Å². The highest BCUT2D eigenvalue weighted by Gasteiger charge is 2.42. The van der Waals surface area contributed by atoms with E-state index in [1.165, 1.54) is 15.4 Å². The third kappa shape index (κ3) is 4.36. The van der Waals surface area contributed by atoms with Crippen molar-refractivity contribution in [3.63, 3.8) is 0 Å². The van der Waals surface area contributed by atoms with Gasteiger partial charge in [-0.05, 0) is 48.9 Å². The van der Waals surface area contributed by atoms with Gasteiger partial charge >= 0.3 is 0 Å². The second-order valence-corrected chi connectivity index (χ2v) is 12.1. The van der Waals surface area contributed by atoms with E-state index in [0.29, 0.717) is 22.8 Å². The predicted molar refractivity (Wildman–Crippen MR) is 135 cm³/mol. The number of thioether (sulfide) groups is 1. The molecular weight excluding hydrogens is 518 g/mol. The Morgan fingerprint density at radius 2 is 1.94 bits per heavy atom. The van der Waals surface area contributed by atoms with Crippen molar-refractivity contribution in [3.05, 3.63) is 74.5 Å². The monoisotopic (exact) mass is 533 g/mol. The number of thiocarbonyl (C=S) groups is 1. The number of nitrogens with zero attached hydrogens (tertiary/aromatic N) is 3. The number of rotatable bonds is 4. The van der Waals surface area contributed by atoms with Crippen LogP contribution >= 0.6 is 35.6 Å². The van der Waals surface area contributed by atoms with Crippen molar-refractivity contribution in [2.45, 2.75) is 12.5 Å². The average Bonchev–Trinajstić information content (AvgIpc) is 3.29. The highest BCUT2D eigenvalue weighted by molar-refractivity contribution is 8.26. The van der Waals surface area contributed by atoms with Crippen LogP contribution in [0.25, 0.3) is 11.7 Å². The second-order valence-electron chi connectivity index (χ2n) is 7.73. The van der Waals surface area contributed by atoms with Gasteiger partial charge in [0, 0.05) is 11.2 Å². The largest absolute Gasteiger partial charge is 0.438 e. The number of fused-ring (bicyclic) bond motifs is 1.